The van der Waals surface area contributed by atoms with Gasteiger partial charge in [0.2, 0.25) is 5.91 Å². The first-order valence-corrected chi connectivity index (χ1v) is 7.54. The topological polar surface area (TPSA) is 69.6 Å². The van der Waals surface area contributed by atoms with Gasteiger partial charge in [0.15, 0.2) is 0 Å². The summed E-state index contributed by atoms with van der Waals surface area (Å²) in [5.41, 5.74) is 0.529. The molecule has 5 nitrogen and oxygen atoms in total. The van der Waals surface area contributed by atoms with Crippen LogP contribution in [-0.2, 0) is 10.2 Å². The fourth-order valence-corrected chi connectivity index (χ4v) is 3.84. The Kier molecular flexibility index (Phi) is 3.76. The third-order valence-corrected chi connectivity index (χ3v) is 5.06. The van der Waals surface area contributed by atoms with Gasteiger partial charge in [-0.15, -0.1) is 0 Å². The SMILES string of the molecule is O=C1NCCC1C1(c2ccc(F)cc2)CCN(C(=O)O)CC1. The predicted molar refractivity (Wildman–Crippen MR) is 78.0 cm³/mol. The number of halogens is 1. The molecule has 0 saturated carbocycles. The van der Waals surface area contributed by atoms with Gasteiger partial charge >= 0.3 is 6.09 Å². The van der Waals surface area contributed by atoms with Crippen molar-refractivity contribution in [1.82, 2.24) is 10.2 Å². The van der Waals surface area contributed by atoms with Crippen LogP contribution in [0, 0.1) is 11.7 Å². The Morgan fingerprint density at radius 1 is 1.27 bits per heavy atom. The van der Waals surface area contributed by atoms with Gasteiger partial charge in [-0.05, 0) is 37.0 Å². The summed E-state index contributed by atoms with van der Waals surface area (Å²) >= 11 is 0. The van der Waals surface area contributed by atoms with Crippen LogP contribution in [0.3, 0.4) is 0 Å². The molecule has 0 radical (unpaired) electrons. The lowest BCUT2D eigenvalue weighted by molar-refractivity contribution is -0.125. The van der Waals surface area contributed by atoms with Gasteiger partial charge in [0, 0.05) is 31.0 Å². The van der Waals surface area contributed by atoms with Crippen LogP contribution < -0.4 is 5.32 Å². The molecule has 2 saturated heterocycles. The molecule has 2 heterocycles. The Labute approximate surface area is 128 Å². The second-order valence-corrected chi connectivity index (χ2v) is 6.06. The minimum atomic E-state index is -0.927. The fraction of sp³-hybridized carbons (Fsp3) is 0.500. The predicted octanol–water partition coefficient (Wildman–Crippen LogP) is 1.97. The van der Waals surface area contributed by atoms with Crippen molar-refractivity contribution in [2.24, 2.45) is 5.92 Å². The van der Waals surface area contributed by atoms with E-state index in [1.807, 2.05) is 0 Å². The van der Waals surface area contributed by atoms with Crippen molar-refractivity contribution in [3.05, 3.63) is 35.6 Å². The van der Waals surface area contributed by atoms with Crippen LogP contribution in [0.1, 0.15) is 24.8 Å². The highest BCUT2D eigenvalue weighted by molar-refractivity contribution is 5.82. The molecule has 2 N–H and O–H groups in total. The molecule has 3 rings (SSSR count). The summed E-state index contributed by atoms with van der Waals surface area (Å²) in [6.07, 6.45) is 0.985. The maximum atomic E-state index is 13.2. The second-order valence-electron chi connectivity index (χ2n) is 6.06. The lowest BCUT2D eigenvalue weighted by Gasteiger charge is -2.44. The summed E-state index contributed by atoms with van der Waals surface area (Å²) in [4.78, 5) is 24.7. The number of carbonyl (C=O) groups excluding carboxylic acids is 1. The smallest absolute Gasteiger partial charge is 0.407 e. The Hall–Kier alpha value is -2.11. The van der Waals surface area contributed by atoms with E-state index in [4.69, 9.17) is 5.11 Å². The van der Waals surface area contributed by atoms with Gasteiger partial charge in [-0.1, -0.05) is 12.1 Å². The van der Waals surface area contributed by atoms with Gasteiger partial charge in [0.25, 0.3) is 0 Å². The fourth-order valence-electron chi connectivity index (χ4n) is 3.84. The minimum absolute atomic E-state index is 0.0214. The van der Waals surface area contributed by atoms with Crippen molar-refractivity contribution in [2.45, 2.75) is 24.7 Å². The molecule has 1 aromatic rings. The van der Waals surface area contributed by atoms with E-state index in [1.54, 1.807) is 12.1 Å². The zero-order valence-electron chi connectivity index (χ0n) is 12.2. The van der Waals surface area contributed by atoms with E-state index in [2.05, 4.69) is 5.32 Å². The third kappa shape index (κ3) is 2.42. The number of likely N-dealkylation sites (tertiary alicyclic amines) is 1. The summed E-state index contributed by atoms with van der Waals surface area (Å²) < 4.78 is 13.2. The Morgan fingerprint density at radius 3 is 2.41 bits per heavy atom. The standard InChI is InChI=1S/C16H19FN2O3/c17-12-3-1-11(2-4-12)16(13-5-8-18-14(13)20)6-9-19(10-7-16)15(21)22/h1-4,13H,5-10H2,(H,18,20)(H,21,22). The highest BCUT2D eigenvalue weighted by Gasteiger charge is 2.48. The Balaban J connectivity index is 1.94. The lowest BCUT2D eigenvalue weighted by Crippen LogP contribution is -2.50. The Bertz CT molecular complexity index is 580. The summed E-state index contributed by atoms with van der Waals surface area (Å²) in [5, 5.41) is 12.0. The summed E-state index contributed by atoms with van der Waals surface area (Å²) in [6, 6.07) is 6.29. The molecule has 6 heteroatoms. The van der Waals surface area contributed by atoms with Crippen molar-refractivity contribution >= 4 is 12.0 Å². The zero-order valence-corrected chi connectivity index (χ0v) is 12.2. The number of nitrogens with zero attached hydrogens (tertiary/aromatic N) is 1. The number of hydrogen-bond donors (Lipinski definition) is 2. The molecule has 0 bridgehead atoms. The van der Waals surface area contributed by atoms with Crippen molar-refractivity contribution in [3.63, 3.8) is 0 Å². The highest BCUT2D eigenvalue weighted by atomic mass is 19.1. The van der Waals surface area contributed by atoms with E-state index in [0.29, 0.717) is 32.5 Å². The monoisotopic (exact) mass is 306 g/mol. The number of rotatable bonds is 2. The molecular formula is C16H19FN2O3. The summed E-state index contributed by atoms with van der Waals surface area (Å²) in [5.74, 6) is -0.459. The van der Waals surface area contributed by atoms with E-state index in [9.17, 15) is 14.0 Å². The van der Waals surface area contributed by atoms with E-state index in [1.165, 1.54) is 17.0 Å². The van der Waals surface area contributed by atoms with Crippen LogP contribution in [0.15, 0.2) is 24.3 Å². The van der Waals surface area contributed by atoms with Gasteiger partial charge < -0.3 is 15.3 Å². The van der Waals surface area contributed by atoms with E-state index < -0.39 is 11.5 Å². The maximum Gasteiger partial charge on any atom is 0.407 e. The summed E-state index contributed by atoms with van der Waals surface area (Å²) in [6.45, 7) is 1.45. The molecular weight excluding hydrogens is 287 g/mol. The largest absolute Gasteiger partial charge is 0.465 e. The van der Waals surface area contributed by atoms with Gasteiger partial charge in [0.1, 0.15) is 5.82 Å². The molecule has 1 atom stereocenters. The van der Waals surface area contributed by atoms with Gasteiger partial charge in [-0.25, -0.2) is 9.18 Å². The normalized spacial score (nSPS) is 24.1. The molecule has 0 aliphatic carbocycles. The van der Waals surface area contributed by atoms with Crippen molar-refractivity contribution < 1.29 is 19.1 Å². The van der Waals surface area contributed by atoms with Crippen LogP contribution >= 0.6 is 0 Å². The van der Waals surface area contributed by atoms with Crippen LogP contribution in [-0.4, -0.2) is 41.6 Å². The van der Waals surface area contributed by atoms with E-state index in [-0.39, 0.29) is 17.6 Å². The maximum absolute atomic E-state index is 13.2. The molecule has 0 aromatic heterocycles. The first-order valence-electron chi connectivity index (χ1n) is 7.54. The second kappa shape index (κ2) is 5.59. The molecule has 0 spiro atoms. The number of benzene rings is 1. The first-order chi connectivity index (χ1) is 10.5. The molecule has 2 fully saturated rings. The summed E-state index contributed by atoms with van der Waals surface area (Å²) in [7, 11) is 0. The average Bonchev–Trinajstić information content (AvgIpc) is 2.94. The first kappa shape index (κ1) is 14.8. The molecule has 2 amide bonds. The zero-order chi connectivity index (χ0) is 15.7. The third-order valence-electron chi connectivity index (χ3n) is 5.06. The molecule has 1 aromatic carbocycles. The number of piperidine rings is 1. The minimum Gasteiger partial charge on any atom is -0.465 e. The van der Waals surface area contributed by atoms with Crippen molar-refractivity contribution in [3.8, 4) is 0 Å². The number of nitrogens with one attached hydrogen (secondary N) is 1. The highest BCUT2D eigenvalue weighted by Crippen LogP contribution is 2.44. The number of amides is 2. The van der Waals surface area contributed by atoms with Crippen molar-refractivity contribution in [1.29, 1.82) is 0 Å². The van der Waals surface area contributed by atoms with Crippen molar-refractivity contribution in [2.75, 3.05) is 19.6 Å². The van der Waals surface area contributed by atoms with Crippen LogP contribution in [0.2, 0.25) is 0 Å². The van der Waals surface area contributed by atoms with Gasteiger partial charge in [-0.2, -0.15) is 0 Å². The van der Waals surface area contributed by atoms with Crippen LogP contribution in [0.25, 0.3) is 0 Å². The van der Waals surface area contributed by atoms with Gasteiger partial charge in [-0.3, -0.25) is 4.79 Å². The number of carbonyl (C=O) groups is 2. The molecule has 118 valence electrons. The molecule has 2 aliphatic rings. The molecule has 1 unspecified atom stereocenters. The number of hydrogen-bond acceptors (Lipinski definition) is 2. The molecule has 22 heavy (non-hydrogen) atoms. The average molecular weight is 306 g/mol. The van der Waals surface area contributed by atoms with E-state index in [0.717, 1.165) is 12.0 Å². The van der Waals surface area contributed by atoms with E-state index >= 15 is 0 Å². The Morgan fingerprint density at radius 2 is 1.91 bits per heavy atom. The van der Waals surface area contributed by atoms with Gasteiger partial charge in [0.05, 0.1) is 0 Å². The quantitative estimate of drug-likeness (QED) is 0.877. The van der Waals surface area contributed by atoms with Crippen LogP contribution in [0.4, 0.5) is 9.18 Å². The lowest BCUT2D eigenvalue weighted by atomic mass is 9.64. The number of carboxylic acid groups (broad SMARTS) is 1. The molecule has 2 aliphatic heterocycles. The van der Waals surface area contributed by atoms with Crippen LogP contribution in [0.5, 0.6) is 0 Å².